The van der Waals surface area contributed by atoms with Crippen LogP contribution in [0, 0.1) is 0 Å². The van der Waals surface area contributed by atoms with Crippen LogP contribution in [0.5, 0.6) is 0 Å². The van der Waals surface area contributed by atoms with E-state index in [2.05, 4.69) is 0 Å². The lowest BCUT2D eigenvalue weighted by molar-refractivity contribution is -0.143. The summed E-state index contributed by atoms with van der Waals surface area (Å²) in [6.45, 7) is 1.74. The van der Waals surface area contributed by atoms with E-state index in [9.17, 15) is 4.79 Å². The molecule has 0 aromatic carbocycles. The molecule has 1 heterocycles. The summed E-state index contributed by atoms with van der Waals surface area (Å²) >= 11 is 0. The van der Waals surface area contributed by atoms with E-state index in [1.54, 1.807) is 20.1 Å². The molecule has 1 atom stereocenters. The molecule has 1 unspecified atom stereocenters. The van der Waals surface area contributed by atoms with Crippen molar-refractivity contribution in [1.29, 1.82) is 0 Å². The summed E-state index contributed by atoms with van der Waals surface area (Å²) in [5, 5.41) is 0. The fraction of sp³-hybridized carbons (Fsp3) is 0.571. The molecule has 0 aromatic heterocycles. The molecule has 0 aliphatic carbocycles. The van der Waals surface area contributed by atoms with Crippen LogP contribution in [0.1, 0.15) is 13.3 Å². The second-order valence-electron chi connectivity index (χ2n) is 2.23. The van der Waals surface area contributed by atoms with Crippen LogP contribution in [-0.2, 0) is 14.3 Å². The molecule has 0 spiro atoms. The van der Waals surface area contributed by atoms with Gasteiger partial charge in [0.1, 0.15) is 5.76 Å². The van der Waals surface area contributed by atoms with Gasteiger partial charge in [-0.1, -0.05) is 0 Å². The van der Waals surface area contributed by atoms with Crippen LogP contribution < -0.4 is 0 Å². The molecule has 0 radical (unpaired) electrons. The summed E-state index contributed by atoms with van der Waals surface area (Å²) < 4.78 is 9.72. The van der Waals surface area contributed by atoms with Crippen molar-refractivity contribution < 1.29 is 14.3 Å². The standard InChI is InChI=1S/C7H10O3/c1-5-3-6(9-2)4-7(8)10-5/h3,6H,4H2,1-2H3. The van der Waals surface area contributed by atoms with Gasteiger partial charge in [-0.3, -0.25) is 4.79 Å². The SMILES string of the molecule is COC1C=C(C)OC(=O)C1. The normalized spacial score (nSPS) is 25.6. The molecule has 1 aliphatic rings. The fourth-order valence-corrected chi connectivity index (χ4v) is 0.892. The van der Waals surface area contributed by atoms with Gasteiger partial charge in [-0.15, -0.1) is 0 Å². The molecule has 10 heavy (non-hydrogen) atoms. The van der Waals surface area contributed by atoms with Crippen molar-refractivity contribution in [3.63, 3.8) is 0 Å². The van der Waals surface area contributed by atoms with E-state index in [0.717, 1.165) is 0 Å². The second kappa shape index (κ2) is 2.84. The quantitative estimate of drug-likeness (QED) is 0.509. The molecule has 0 aromatic rings. The average Bonchev–Trinajstić information content (AvgIpc) is 1.85. The van der Waals surface area contributed by atoms with Crippen LogP contribution in [0.25, 0.3) is 0 Å². The Balaban J connectivity index is 2.63. The van der Waals surface area contributed by atoms with Crippen molar-refractivity contribution in [2.75, 3.05) is 7.11 Å². The van der Waals surface area contributed by atoms with E-state index in [0.29, 0.717) is 12.2 Å². The first-order valence-electron chi connectivity index (χ1n) is 3.14. The van der Waals surface area contributed by atoms with E-state index in [1.165, 1.54) is 0 Å². The van der Waals surface area contributed by atoms with Crippen LogP contribution in [-0.4, -0.2) is 19.2 Å². The summed E-state index contributed by atoms with van der Waals surface area (Å²) in [6, 6.07) is 0. The van der Waals surface area contributed by atoms with Gasteiger partial charge < -0.3 is 9.47 Å². The largest absolute Gasteiger partial charge is 0.432 e. The number of rotatable bonds is 1. The Labute approximate surface area is 59.6 Å². The Morgan fingerprint density at radius 3 is 3.00 bits per heavy atom. The molecule has 0 N–H and O–H groups in total. The Morgan fingerprint density at radius 1 is 1.80 bits per heavy atom. The number of cyclic esters (lactones) is 1. The number of carbonyl (C=O) groups is 1. The second-order valence-corrected chi connectivity index (χ2v) is 2.23. The molecule has 3 nitrogen and oxygen atoms in total. The van der Waals surface area contributed by atoms with Gasteiger partial charge in [-0.2, -0.15) is 0 Å². The molecule has 1 aliphatic heterocycles. The van der Waals surface area contributed by atoms with Gasteiger partial charge in [0.15, 0.2) is 0 Å². The fourth-order valence-electron chi connectivity index (χ4n) is 0.892. The lowest BCUT2D eigenvalue weighted by atomic mass is 10.2. The Kier molecular flexibility index (Phi) is 2.06. The van der Waals surface area contributed by atoms with Crippen molar-refractivity contribution >= 4 is 5.97 Å². The van der Waals surface area contributed by atoms with E-state index >= 15 is 0 Å². The molecule has 0 saturated carbocycles. The third-order valence-electron chi connectivity index (χ3n) is 1.37. The molecule has 0 amide bonds. The van der Waals surface area contributed by atoms with E-state index in [4.69, 9.17) is 9.47 Å². The summed E-state index contributed by atoms with van der Waals surface area (Å²) in [5.74, 6) is 0.412. The van der Waals surface area contributed by atoms with Gasteiger partial charge in [0.05, 0.1) is 12.5 Å². The van der Waals surface area contributed by atoms with Gasteiger partial charge >= 0.3 is 5.97 Å². The summed E-state index contributed by atoms with van der Waals surface area (Å²) in [5.41, 5.74) is 0. The van der Waals surface area contributed by atoms with Crippen molar-refractivity contribution in [2.24, 2.45) is 0 Å². The van der Waals surface area contributed by atoms with Crippen LogP contribution in [0.3, 0.4) is 0 Å². The Morgan fingerprint density at radius 2 is 2.50 bits per heavy atom. The predicted octanol–water partition coefficient (Wildman–Crippen LogP) is 0.852. The van der Waals surface area contributed by atoms with Gasteiger partial charge in [0.2, 0.25) is 0 Å². The van der Waals surface area contributed by atoms with Gasteiger partial charge in [0.25, 0.3) is 0 Å². The smallest absolute Gasteiger partial charge is 0.313 e. The van der Waals surface area contributed by atoms with Crippen LogP contribution in [0.4, 0.5) is 0 Å². The van der Waals surface area contributed by atoms with Crippen LogP contribution in [0.2, 0.25) is 0 Å². The molecule has 0 fully saturated rings. The van der Waals surface area contributed by atoms with Crippen LogP contribution >= 0.6 is 0 Å². The van der Waals surface area contributed by atoms with Gasteiger partial charge in [0, 0.05) is 7.11 Å². The average molecular weight is 142 g/mol. The highest BCUT2D eigenvalue weighted by atomic mass is 16.5. The van der Waals surface area contributed by atoms with Gasteiger partial charge in [-0.25, -0.2) is 0 Å². The van der Waals surface area contributed by atoms with E-state index in [1.807, 2.05) is 0 Å². The molecular weight excluding hydrogens is 132 g/mol. The minimum absolute atomic E-state index is 0.0961. The lowest BCUT2D eigenvalue weighted by Crippen LogP contribution is -2.20. The maximum atomic E-state index is 10.7. The third kappa shape index (κ3) is 1.57. The third-order valence-corrected chi connectivity index (χ3v) is 1.37. The molecule has 3 heteroatoms. The lowest BCUT2D eigenvalue weighted by Gasteiger charge is -2.16. The molecule has 1 rings (SSSR count). The monoisotopic (exact) mass is 142 g/mol. The number of methoxy groups -OCH3 is 1. The first kappa shape index (κ1) is 7.28. The van der Waals surface area contributed by atoms with E-state index < -0.39 is 0 Å². The number of hydrogen-bond donors (Lipinski definition) is 0. The maximum absolute atomic E-state index is 10.7. The topological polar surface area (TPSA) is 35.5 Å². The van der Waals surface area contributed by atoms with Crippen molar-refractivity contribution in [2.45, 2.75) is 19.4 Å². The van der Waals surface area contributed by atoms with E-state index in [-0.39, 0.29) is 12.1 Å². The molecular formula is C7H10O3. The number of allylic oxidation sites excluding steroid dienone is 1. The number of hydrogen-bond acceptors (Lipinski definition) is 3. The molecule has 0 bridgehead atoms. The molecule has 56 valence electrons. The summed E-state index contributed by atoms with van der Waals surface area (Å²) in [4.78, 5) is 10.7. The number of carbonyl (C=O) groups excluding carboxylic acids is 1. The predicted molar refractivity (Wildman–Crippen MR) is 35.3 cm³/mol. The number of ether oxygens (including phenoxy) is 2. The summed E-state index contributed by atoms with van der Waals surface area (Å²) in [7, 11) is 1.58. The highest BCUT2D eigenvalue weighted by Crippen LogP contribution is 2.12. The van der Waals surface area contributed by atoms with Crippen molar-refractivity contribution in [3.05, 3.63) is 11.8 Å². The zero-order chi connectivity index (χ0) is 7.56. The van der Waals surface area contributed by atoms with Crippen molar-refractivity contribution in [1.82, 2.24) is 0 Å². The first-order chi connectivity index (χ1) is 4.72. The van der Waals surface area contributed by atoms with Crippen LogP contribution in [0.15, 0.2) is 11.8 Å². The first-order valence-corrected chi connectivity index (χ1v) is 3.14. The number of esters is 1. The molecule has 0 saturated heterocycles. The minimum atomic E-state index is -0.216. The maximum Gasteiger partial charge on any atom is 0.313 e. The summed E-state index contributed by atoms with van der Waals surface area (Å²) in [6.07, 6.45) is 2.02. The highest BCUT2D eigenvalue weighted by Gasteiger charge is 2.18. The highest BCUT2D eigenvalue weighted by molar-refractivity contribution is 5.72. The Hall–Kier alpha value is -0.830. The van der Waals surface area contributed by atoms with Crippen molar-refractivity contribution in [3.8, 4) is 0 Å². The zero-order valence-electron chi connectivity index (χ0n) is 6.09. The Bertz CT molecular complexity index is 172. The van der Waals surface area contributed by atoms with Gasteiger partial charge in [-0.05, 0) is 13.0 Å². The zero-order valence-corrected chi connectivity index (χ0v) is 6.09. The minimum Gasteiger partial charge on any atom is -0.432 e.